The van der Waals surface area contributed by atoms with Crippen molar-refractivity contribution in [1.82, 2.24) is 9.97 Å². The second-order valence-electron chi connectivity index (χ2n) is 5.10. The van der Waals surface area contributed by atoms with E-state index >= 15 is 0 Å². The van der Waals surface area contributed by atoms with Gasteiger partial charge in [0.25, 0.3) is 0 Å². The van der Waals surface area contributed by atoms with E-state index in [1.54, 1.807) is 42.6 Å². The van der Waals surface area contributed by atoms with Crippen molar-refractivity contribution in [3.05, 3.63) is 82.2 Å². The van der Waals surface area contributed by atoms with Crippen LogP contribution in [-0.2, 0) is 5.75 Å². The fraction of sp³-hybridized carbons (Fsp3) is 0.111. The largest absolute Gasteiger partial charge is 0.464 e. The minimum Gasteiger partial charge on any atom is -0.464 e. The summed E-state index contributed by atoms with van der Waals surface area (Å²) in [5.41, 5.74) is 0.802. The summed E-state index contributed by atoms with van der Waals surface area (Å²) < 4.78 is 10.5. The Morgan fingerprint density at radius 2 is 2.04 bits per heavy atom. The van der Waals surface area contributed by atoms with Crippen LogP contribution in [0.2, 0.25) is 0 Å². The third-order valence-corrected chi connectivity index (χ3v) is 4.06. The molecule has 0 unspecified atom stereocenters. The van der Waals surface area contributed by atoms with Gasteiger partial charge in [-0.2, -0.15) is 0 Å². The van der Waals surface area contributed by atoms with E-state index in [2.05, 4.69) is 9.97 Å². The Hall–Kier alpha value is -2.93. The van der Waals surface area contributed by atoms with Crippen molar-refractivity contribution >= 4 is 17.7 Å². The second kappa shape index (κ2) is 7.76. The fourth-order valence-corrected chi connectivity index (χ4v) is 2.72. The zero-order chi connectivity index (χ0) is 17.6. The lowest BCUT2D eigenvalue weighted by molar-refractivity contribution is 0.0729. The maximum Gasteiger partial charge on any atom is 0.343 e. The molecule has 2 aromatic heterocycles. The summed E-state index contributed by atoms with van der Waals surface area (Å²) in [5, 5.41) is 0.599. The molecular weight excluding hydrogens is 340 g/mol. The van der Waals surface area contributed by atoms with Gasteiger partial charge in [-0.15, -0.1) is 0 Å². The number of rotatable bonds is 5. The Morgan fingerprint density at radius 3 is 2.76 bits per heavy atom. The first-order chi connectivity index (χ1) is 12.1. The highest BCUT2D eigenvalue weighted by Crippen LogP contribution is 2.19. The minimum absolute atomic E-state index is 0.144. The first-order valence-electron chi connectivity index (χ1n) is 7.43. The number of nitrogens with zero attached hydrogens (tertiary/aromatic N) is 2. The SMILES string of the molecule is Cc1ccnc(SCc2cc(=O)c(OC(=O)c3ccccc3)co2)n1. The van der Waals surface area contributed by atoms with E-state index in [0.717, 1.165) is 12.0 Å². The zero-order valence-electron chi connectivity index (χ0n) is 13.3. The van der Waals surface area contributed by atoms with Crippen LogP contribution in [0.3, 0.4) is 0 Å². The van der Waals surface area contributed by atoms with Gasteiger partial charge in [0.2, 0.25) is 11.2 Å². The Morgan fingerprint density at radius 1 is 1.24 bits per heavy atom. The molecule has 3 rings (SSSR count). The number of carbonyl (C=O) groups is 1. The first-order valence-corrected chi connectivity index (χ1v) is 8.42. The van der Waals surface area contributed by atoms with E-state index in [0.29, 0.717) is 22.2 Å². The molecule has 0 spiro atoms. The Labute approximate surface area is 147 Å². The van der Waals surface area contributed by atoms with Crippen molar-refractivity contribution in [2.75, 3.05) is 0 Å². The number of aryl methyl sites for hydroxylation is 1. The van der Waals surface area contributed by atoms with E-state index in [1.807, 2.05) is 6.92 Å². The molecule has 126 valence electrons. The summed E-state index contributed by atoms with van der Waals surface area (Å²) in [6.45, 7) is 1.88. The van der Waals surface area contributed by atoms with Gasteiger partial charge in [-0.3, -0.25) is 4.79 Å². The highest BCUT2D eigenvalue weighted by Gasteiger charge is 2.12. The maximum absolute atomic E-state index is 12.1. The molecule has 0 aliphatic rings. The highest BCUT2D eigenvalue weighted by molar-refractivity contribution is 7.98. The predicted octanol–water partition coefficient (Wildman–Crippen LogP) is 3.25. The quantitative estimate of drug-likeness (QED) is 0.395. The molecule has 25 heavy (non-hydrogen) atoms. The molecule has 0 amide bonds. The van der Waals surface area contributed by atoms with Gasteiger partial charge in [0.15, 0.2) is 5.16 Å². The highest BCUT2D eigenvalue weighted by atomic mass is 32.2. The van der Waals surface area contributed by atoms with Crippen molar-refractivity contribution in [2.24, 2.45) is 0 Å². The summed E-state index contributed by atoms with van der Waals surface area (Å²) in [4.78, 5) is 32.5. The van der Waals surface area contributed by atoms with Gasteiger partial charge in [0, 0.05) is 18.0 Å². The molecule has 0 atom stereocenters. The maximum atomic E-state index is 12.1. The van der Waals surface area contributed by atoms with Crippen LogP contribution in [0.5, 0.6) is 5.75 Å². The van der Waals surface area contributed by atoms with E-state index in [-0.39, 0.29) is 5.75 Å². The van der Waals surface area contributed by atoms with E-state index in [1.165, 1.54) is 17.8 Å². The molecule has 0 N–H and O–H groups in total. The van der Waals surface area contributed by atoms with Crippen molar-refractivity contribution in [3.8, 4) is 5.75 Å². The van der Waals surface area contributed by atoms with E-state index in [4.69, 9.17) is 9.15 Å². The summed E-state index contributed by atoms with van der Waals surface area (Å²) >= 11 is 1.35. The monoisotopic (exact) mass is 354 g/mol. The summed E-state index contributed by atoms with van der Waals surface area (Å²) in [6, 6.07) is 11.5. The molecular formula is C18H14N2O4S. The zero-order valence-corrected chi connectivity index (χ0v) is 14.2. The standard InChI is InChI=1S/C18H14N2O4S/c1-12-7-8-19-18(20-12)25-11-14-9-15(21)16(10-23-14)24-17(22)13-5-3-2-4-6-13/h2-10H,11H2,1H3. The number of hydrogen-bond acceptors (Lipinski definition) is 7. The first kappa shape index (κ1) is 16.9. The number of esters is 1. The topological polar surface area (TPSA) is 82.3 Å². The lowest BCUT2D eigenvalue weighted by atomic mass is 10.2. The number of benzene rings is 1. The van der Waals surface area contributed by atoms with Crippen LogP contribution < -0.4 is 10.2 Å². The van der Waals surface area contributed by atoms with Crippen LogP contribution in [-0.4, -0.2) is 15.9 Å². The van der Waals surface area contributed by atoms with Crippen molar-refractivity contribution in [2.45, 2.75) is 17.8 Å². The summed E-state index contributed by atoms with van der Waals surface area (Å²) in [5.74, 6) is 0.0863. The predicted molar refractivity (Wildman–Crippen MR) is 92.7 cm³/mol. The molecule has 0 bridgehead atoms. The molecule has 0 fully saturated rings. The average Bonchev–Trinajstić information content (AvgIpc) is 2.63. The molecule has 0 saturated carbocycles. The molecule has 0 aliphatic carbocycles. The lowest BCUT2D eigenvalue weighted by Crippen LogP contribution is -2.14. The number of hydrogen-bond donors (Lipinski definition) is 0. The molecule has 6 nitrogen and oxygen atoms in total. The van der Waals surface area contributed by atoms with Crippen molar-refractivity contribution in [3.63, 3.8) is 0 Å². The molecule has 0 aliphatic heterocycles. The van der Waals surface area contributed by atoms with E-state index < -0.39 is 11.4 Å². The van der Waals surface area contributed by atoms with Gasteiger partial charge < -0.3 is 9.15 Å². The van der Waals surface area contributed by atoms with Crippen LogP contribution in [0.25, 0.3) is 0 Å². The van der Waals surface area contributed by atoms with Gasteiger partial charge in [0.1, 0.15) is 12.0 Å². The van der Waals surface area contributed by atoms with Crippen LogP contribution in [0.1, 0.15) is 21.8 Å². The average molecular weight is 354 g/mol. The Balaban J connectivity index is 1.66. The number of aromatic nitrogens is 2. The number of ether oxygens (including phenoxy) is 1. The second-order valence-corrected chi connectivity index (χ2v) is 6.04. The third-order valence-electron chi connectivity index (χ3n) is 3.18. The van der Waals surface area contributed by atoms with Crippen LogP contribution in [0.15, 0.2) is 69.3 Å². The Bertz CT molecular complexity index is 941. The van der Waals surface area contributed by atoms with Gasteiger partial charge in [-0.05, 0) is 25.1 Å². The third kappa shape index (κ3) is 4.54. The molecule has 1 aromatic carbocycles. The normalized spacial score (nSPS) is 10.4. The molecule has 0 saturated heterocycles. The summed E-state index contributed by atoms with van der Waals surface area (Å²) in [7, 11) is 0. The molecule has 2 heterocycles. The molecule has 0 radical (unpaired) electrons. The number of carbonyl (C=O) groups excluding carboxylic acids is 1. The minimum atomic E-state index is -0.608. The van der Waals surface area contributed by atoms with Gasteiger partial charge in [-0.25, -0.2) is 14.8 Å². The smallest absolute Gasteiger partial charge is 0.343 e. The Kier molecular flexibility index (Phi) is 5.25. The van der Waals surface area contributed by atoms with E-state index in [9.17, 15) is 9.59 Å². The molecule has 7 heteroatoms. The van der Waals surface area contributed by atoms with Crippen LogP contribution in [0, 0.1) is 6.92 Å². The molecule has 3 aromatic rings. The van der Waals surface area contributed by atoms with Gasteiger partial charge in [0.05, 0.1) is 11.3 Å². The van der Waals surface area contributed by atoms with Crippen molar-refractivity contribution in [1.29, 1.82) is 0 Å². The van der Waals surface area contributed by atoms with Crippen LogP contribution in [0.4, 0.5) is 0 Å². The van der Waals surface area contributed by atoms with Gasteiger partial charge >= 0.3 is 5.97 Å². The van der Waals surface area contributed by atoms with Gasteiger partial charge in [-0.1, -0.05) is 30.0 Å². The number of thioether (sulfide) groups is 1. The fourth-order valence-electron chi connectivity index (χ4n) is 1.95. The van der Waals surface area contributed by atoms with Crippen molar-refractivity contribution < 1.29 is 13.9 Å². The summed E-state index contributed by atoms with van der Waals surface area (Å²) in [6.07, 6.45) is 2.82. The lowest BCUT2D eigenvalue weighted by Gasteiger charge is -2.04. The van der Waals surface area contributed by atoms with Crippen LogP contribution >= 0.6 is 11.8 Å².